The second-order valence-electron chi connectivity index (χ2n) is 4.73. The van der Waals surface area contributed by atoms with Gasteiger partial charge in [-0.15, -0.1) is 0 Å². The van der Waals surface area contributed by atoms with Crippen LogP contribution in [0.3, 0.4) is 0 Å². The van der Waals surface area contributed by atoms with Gasteiger partial charge in [0.05, 0.1) is 18.8 Å². The van der Waals surface area contributed by atoms with E-state index in [1.54, 1.807) is 0 Å². The highest BCUT2D eigenvalue weighted by Crippen LogP contribution is 2.52. The molecule has 1 heterocycles. The molecule has 2 N–H and O–H groups in total. The van der Waals surface area contributed by atoms with Gasteiger partial charge in [0.1, 0.15) is 0 Å². The van der Waals surface area contributed by atoms with E-state index in [1.807, 2.05) is 0 Å². The molecule has 1 amide bonds. The molecule has 1 saturated heterocycles. The van der Waals surface area contributed by atoms with E-state index in [9.17, 15) is 9.90 Å². The predicted octanol–water partition coefficient (Wildman–Crippen LogP) is 0.220. The molecule has 1 aliphatic heterocycles. The number of rotatable bonds is 4. The number of amides is 1. The fourth-order valence-electron chi connectivity index (χ4n) is 2.61. The number of aliphatic hydroxyl groups is 1. The van der Waals surface area contributed by atoms with Gasteiger partial charge in [0.15, 0.2) is 0 Å². The number of fused-ring (bicyclic) bond motifs is 2. The number of aliphatic hydroxyl groups excluding tert-OH is 1. The SMILES string of the molecule is C=CC(=O)NCC12CCC(CO)(CO1)C2. The molecule has 0 aromatic rings. The maximum Gasteiger partial charge on any atom is 0.243 e. The zero-order valence-corrected chi connectivity index (χ0v) is 8.79. The summed E-state index contributed by atoms with van der Waals surface area (Å²) in [6.07, 6.45) is 4.03. The van der Waals surface area contributed by atoms with Gasteiger partial charge in [0, 0.05) is 12.0 Å². The Hall–Kier alpha value is -0.870. The fraction of sp³-hybridized carbons (Fsp3) is 0.727. The maximum atomic E-state index is 11.1. The molecule has 0 aromatic carbocycles. The molecule has 1 aliphatic carbocycles. The molecule has 2 bridgehead atoms. The van der Waals surface area contributed by atoms with Crippen molar-refractivity contribution in [1.82, 2.24) is 5.32 Å². The zero-order valence-electron chi connectivity index (χ0n) is 8.79. The van der Waals surface area contributed by atoms with E-state index < -0.39 is 0 Å². The van der Waals surface area contributed by atoms with Crippen LogP contribution >= 0.6 is 0 Å². The number of carbonyl (C=O) groups excluding carboxylic acids is 1. The van der Waals surface area contributed by atoms with Crippen LogP contribution in [-0.2, 0) is 9.53 Å². The first-order chi connectivity index (χ1) is 7.14. The summed E-state index contributed by atoms with van der Waals surface area (Å²) in [6.45, 7) is 4.73. The van der Waals surface area contributed by atoms with Crippen molar-refractivity contribution in [2.24, 2.45) is 5.41 Å². The Balaban J connectivity index is 1.94. The third kappa shape index (κ3) is 1.79. The number of hydrogen-bond donors (Lipinski definition) is 2. The second-order valence-corrected chi connectivity index (χ2v) is 4.73. The zero-order chi connectivity index (χ0) is 10.9. The first kappa shape index (κ1) is 10.6. The van der Waals surface area contributed by atoms with Gasteiger partial charge >= 0.3 is 0 Å². The molecule has 0 aromatic heterocycles. The minimum Gasteiger partial charge on any atom is -0.396 e. The van der Waals surface area contributed by atoms with Crippen LogP contribution in [0.25, 0.3) is 0 Å². The summed E-state index contributed by atoms with van der Waals surface area (Å²) in [5.41, 5.74) is -0.277. The maximum absolute atomic E-state index is 11.1. The first-order valence-electron chi connectivity index (χ1n) is 5.29. The monoisotopic (exact) mass is 211 g/mol. The molecule has 84 valence electrons. The Morgan fingerprint density at radius 2 is 2.40 bits per heavy atom. The molecule has 2 unspecified atom stereocenters. The van der Waals surface area contributed by atoms with Gasteiger partial charge in [0.2, 0.25) is 5.91 Å². The second kappa shape index (κ2) is 3.61. The highest BCUT2D eigenvalue weighted by atomic mass is 16.5. The van der Waals surface area contributed by atoms with Crippen LogP contribution in [-0.4, -0.2) is 36.4 Å². The third-order valence-electron chi connectivity index (χ3n) is 3.60. The summed E-state index contributed by atoms with van der Waals surface area (Å²) in [5, 5.41) is 12.1. The van der Waals surface area contributed by atoms with Crippen molar-refractivity contribution in [3.05, 3.63) is 12.7 Å². The molecule has 2 aliphatic rings. The standard InChI is InChI=1S/C11H17NO3/c1-2-9(14)12-6-11-4-3-10(5-11,7-13)8-15-11/h2,13H,1,3-8H2,(H,12,14). The number of nitrogens with one attached hydrogen (secondary N) is 1. The summed E-state index contributed by atoms with van der Waals surface area (Å²) in [5.74, 6) is -0.165. The van der Waals surface area contributed by atoms with Crippen LogP contribution in [0.15, 0.2) is 12.7 Å². The van der Waals surface area contributed by atoms with E-state index >= 15 is 0 Å². The Labute approximate surface area is 89.3 Å². The predicted molar refractivity (Wildman–Crippen MR) is 55.3 cm³/mol. The fourth-order valence-corrected chi connectivity index (χ4v) is 2.61. The van der Waals surface area contributed by atoms with E-state index in [2.05, 4.69) is 11.9 Å². The Morgan fingerprint density at radius 1 is 1.60 bits per heavy atom. The first-order valence-corrected chi connectivity index (χ1v) is 5.29. The van der Waals surface area contributed by atoms with Crippen LogP contribution in [0.4, 0.5) is 0 Å². The highest BCUT2D eigenvalue weighted by Gasteiger charge is 2.55. The molecular formula is C11H17NO3. The Bertz CT molecular complexity index is 280. The average molecular weight is 211 g/mol. The van der Waals surface area contributed by atoms with E-state index in [0.717, 1.165) is 19.3 Å². The molecule has 2 fully saturated rings. The third-order valence-corrected chi connectivity index (χ3v) is 3.60. The topological polar surface area (TPSA) is 58.6 Å². The Kier molecular flexibility index (Phi) is 2.56. The van der Waals surface area contributed by atoms with Gasteiger partial charge in [-0.05, 0) is 25.3 Å². The molecule has 4 nitrogen and oxygen atoms in total. The van der Waals surface area contributed by atoms with Gasteiger partial charge < -0.3 is 15.2 Å². The number of ether oxygens (including phenoxy) is 1. The summed E-state index contributed by atoms with van der Waals surface area (Å²) in [6, 6.07) is 0. The van der Waals surface area contributed by atoms with Crippen LogP contribution in [0.5, 0.6) is 0 Å². The van der Waals surface area contributed by atoms with Crippen molar-refractivity contribution >= 4 is 5.91 Å². The van der Waals surface area contributed by atoms with Crippen molar-refractivity contribution in [1.29, 1.82) is 0 Å². The van der Waals surface area contributed by atoms with Crippen molar-refractivity contribution < 1.29 is 14.6 Å². The van der Waals surface area contributed by atoms with Crippen molar-refractivity contribution in [3.8, 4) is 0 Å². The molecule has 2 atom stereocenters. The van der Waals surface area contributed by atoms with Gasteiger partial charge in [-0.3, -0.25) is 4.79 Å². The minimum absolute atomic E-state index is 0.0428. The van der Waals surface area contributed by atoms with Gasteiger partial charge in [-0.25, -0.2) is 0 Å². The summed E-state index contributed by atoms with van der Waals surface area (Å²) in [7, 11) is 0. The number of carbonyl (C=O) groups is 1. The molecule has 1 saturated carbocycles. The van der Waals surface area contributed by atoms with E-state index in [4.69, 9.17) is 4.74 Å². The van der Waals surface area contributed by atoms with Crippen molar-refractivity contribution in [2.75, 3.05) is 19.8 Å². The Morgan fingerprint density at radius 3 is 2.87 bits per heavy atom. The number of hydrogen-bond acceptors (Lipinski definition) is 3. The van der Waals surface area contributed by atoms with Gasteiger partial charge in [-0.2, -0.15) is 0 Å². The lowest BCUT2D eigenvalue weighted by atomic mass is 9.89. The summed E-state index contributed by atoms with van der Waals surface area (Å²) in [4.78, 5) is 11.1. The minimum atomic E-state index is -0.235. The average Bonchev–Trinajstić information content (AvgIpc) is 2.83. The molecule has 0 radical (unpaired) electrons. The molecule has 2 rings (SSSR count). The van der Waals surface area contributed by atoms with Crippen LogP contribution in [0.1, 0.15) is 19.3 Å². The smallest absolute Gasteiger partial charge is 0.243 e. The van der Waals surface area contributed by atoms with Gasteiger partial charge in [-0.1, -0.05) is 6.58 Å². The molecule has 0 spiro atoms. The summed E-state index contributed by atoms with van der Waals surface area (Å²) >= 11 is 0. The van der Waals surface area contributed by atoms with Crippen molar-refractivity contribution in [3.63, 3.8) is 0 Å². The lowest BCUT2D eigenvalue weighted by molar-refractivity contribution is -0.118. The summed E-state index contributed by atoms with van der Waals surface area (Å²) < 4.78 is 5.72. The van der Waals surface area contributed by atoms with Crippen LogP contribution in [0, 0.1) is 5.41 Å². The lowest BCUT2D eigenvalue weighted by Crippen LogP contribution is -2.41. The van der Waals surface area contributed by atoms with Crippen LogP contribution in [0.2, 0.25) is 0 Å². The largest absolute Gasteiger partial charge is 0.396 e. The highest BCUT2D eigenvalue weighted by molar-refractivity contribution is 5.86. The quantitative estimate of drug-likeness (QED) is 0.654. The molecule has 15 heavy (non-hydrogen) atoms. The van der Waals surface area contributed by atoms with Crippen molar-refractivity contribution in [2.45, 2.75) is 24.9 Å². The molecular weight excluding hydrogens is 194 g/mol. The van der Waals surface area contributed by atoms with E-state index in [-0.39, 0.29) is 23.5 Å². The van der Waals surface area contributed by atoms with E-state index in [0.29, 0.717) is 13.2 Å². The van der Waals surface area contributed by atoms with Gasteiger partial charge in [0.25, 0.3) is 0 Å². The van der Waals surface area contributed by atoms with Crippen LogP contribution < -0.4 is 5.32 Å². The molecule has 4 heteroatoms. The normalized spacial score (nSPS) is 37.9. The van der Waals surface area contributed by atoms with E-state index in [1.165, 1.54) is 6.08 Å². The lowest BCUT2D eigenvalue weighted by Gasteiger charge is -2.27.